The van der Waals surface area contributed by atoms with E-state index in [1.165, 1.54) is 30.9 Å². The molecule has 0 amide bonds. The van der Waals surface area contributed by atoms with Crippen molar-refractivity contribution in [2.24, 2.45) is 17.3 Å². The van der Waals surface area contributed by atoms with Crippen LogP contribution in [0.3, 0.4) is 0 Å². The number of hydrogen-bond donors (Lipinski definition) is 0. The van der Waals surface area contributed by atoms with Gasteiger partial charge in [-0.05, 0) is 54.9 Å². The number of rotatable bonds is 2. The van der Waals surface area contributed by atoms with Crippen LogP contribution in [0, 0.1) is 17.3 Å². The molecular weight excluding hydrogens is 236 g/mol. The maximum absolute atomic E-state index is 10.9. The van der Waals surface area contributed by atoms with E-state index < -0.39 is 0 Å². The fourth-order valence-corrected chi connectivity index (χ4v) is 3.68. The number of carbonyl (C=O) groups is 1. The second kappa shape index (κ2) is 5.52. The Hall–Kier alpha value is -1.05. The lowest BCUT2D eigenvalue weighted by atomic mass is 9.52. The van der Waals surface area contributed by atoms with Gasteiger partial charge in [-0.1, -0.05) is 32.1 Å². The van der Waals surface area contributed by atoms with Crippen molar-refractivity contribution in [3.8, 4) is 0 Å². The molecule has 2 heteroatoms. The highest BCUT2D eigenvalue weighted by Crippen LogP contribution is 2.56. The standard InChI is InChI=1S/C17H26O2/c1-12-6-5-7-14(11-19-13(2)18)8-9-16-15(12)10-17(16,3)4/h7,15-16H,1,5-6,8-11H2,2-4H3/b14-7-. The molecule has 0 saturated heterocycles. The average molecular weight is 262 g/mol. The van der Waals surface area contributed by atoms with Crippen molar-refractivity contribution in [2.75, 3.05) is 6.61 Å². The van der Waals surface area contributed by atoms with Crippen molar-refractivity contribution in [1.82, 2.24) is 0 Å². The molecule has 0 heterocycles. The number of fused-ring (bicyclic) bond motifs is 1. The van der Waals surface area contributed by atoms with Gasteiger partial charge in [-0.25, -0.2) is 0 Å². The van der Waals surface area contributed by atoms with Gasteiger partial charge >= 0.3 is 5.97 Å². The Morgan fingerprint density at radius 3 is 2.84 bits per heavy atom. The molecule has 0 N–H and O–H groups in total. The molecule has 2 unspecified atom stereocenters. The van der Waals surface area contributed by atoms with Crippen LogP contribution in [-0.2, 0) is 9.53 Å². The van der Waals surface area contributed by atoms with Crippen molar-refractivity contribution in [2.45, 2.75) is 52.9 Å². The second-order valence-corrected chi connectivity index (χ2v) is 6.78. The van der Waals surface area contributed by atoms with Crippen LogP contribution in [0.25, 0.3) is 0 Å². The van der Waals surface area contributed by atoms with Crippen molar-refractivity contribution >= 4 is 5.97 Å². The van der Waals surface area contributed by atoms with Gasteiger partial charge in [0.1, 0.15) is 6.61 Å². The normalized spacial score (nSPS) is 32.8. The third-order valence-electron chi connectivity index (χ3n) is 4.90. The van der Waals surface area contributed by atoms with Gasteiger partial charge in [0.15, 0.2) is 0 Å². The van der Waals surface area contributed by atoms with Gasteiger partial charge in [0.25, 0.3) is 0 Å². The Bertz CT molecular complexity index is 403. The Morgan fingerprint density at radius 2 is 2.21 bits per heavy atom. The molecule has 2 rings (SSSR count). The van der Waals surface area contributed by atoms with E-state index in [1.807, 2.05) is 0 Å². The lowest BCUT2D eigenvalue weighted by Gasteiger charge is -2.53. The highest BCUT2D eigenvalue weighted by atomic mass is 16.5. The molecule has 1 saturated carbocycles. The quantitative estimate of drug-likeness (QED) is 0.549. The van der Waals surface area contributed by atoms with Gasteiger partial charge in [-0.2, -0.15) is 0 Å². The van der Waals surface area contributed by atoms with E-state index >= 15 is 0 Å². The van der Waals surface area contributed by atoms with E-state index in [0.717, 1.165) is 31.1 Å². The zero-order valence-corrected chi connectivity index (χ0v) is 12.5. The minimum Gasteiger partial charge on any atom is -0.461 e. The minimum absolute atomic E-state index is 0.188. The van der Waals surface area contributed by atoms with Gasteiger partial charge in [0, 0.05) is 6.92 Å². The molecule has 106 valence electrons. The molecule has 0 aromatic rings. The van der Waals surface area contributed by atoms with Gasteiger partial charge in [-0.3, -0.25) is 4.79 Å². The van der Waals surface area contributed by atoms with E-state index in [0.29, 0.717) is 12.0 Å². The first-order chi connectivity index (χ1) is 8.90. The van der Waals surface area contributed by atoms with E-state index in [-0.39, 0.29) is 5.97 Å². The molecule has 0 aromatic carbocycles. The van der Waals surface area contributed by atoms with Crippen LogP contribution in [0.2, 0.25) is 0 Å². The van der Waals surface area contributed by atoms with Crippen LogP contribution in [0.5, 0.6) is 0 Å². The van der Waals surface area contributed by atoms with Gasteiger partial charge in [-0.15, -0.1) is 0 Å². The zero-order chi connectivity index (χ0) is 14.0. The molecule has 0 bridgehead atoms. The molecule has 0 spiro atoms. The topological polar surface area (TPSA) is 26.3 Å². The summed E-state index contributed by atoms with van der Waals surface area (Å²) in [6.45, 7) is 11.0. The fraction of sp³-hybridized carbons (Fsp3) is 0.706. The summed E-state index contributed by atoms with van der Waals surface area (Å²) < 4.78 is 5.15. The third-order valence-corrected chi connectivity index (χ3v) is 4.90. The zero-order valence-electron chi connectivity index (χ0n) is 12.5. The SMILES string of the molecule is C=C1CC/C=C(\COC(C)=O)CCC2C1CC2(C)C. The Labute approximate surface area is 116 Å². The van der Waals surface area contributed by atoms with Gasteiger partial charge < -0.3 is 4.74 Å². The number of ether oxygens (including phenoxy) is 1. The summed E-state index contributed by atoms with van der Waals surface area (Å²) in [6.07, 6.45) is 7.93. The Morgan fingerprint density at radius 1 is 1.47 bits per heavy atom. The van der Waals surface area contributed by atoms with Crippen LogP contribution in [-0.4, -0.2) is 12.6 Å². The smallest absolute Gasteiger partial charge is 0.302 e. The number of esters is 1. The molecule has 0 radical (unpaired) electrons. The van der Waals surface area contributed by atoms with E-state index in [1.54, 1.807) is 0 Å². The van der Waals surface area contributed by atoms with Crippen molar-refractivity contribution in [3.05, 3.63) is 23.8 Å². The van der Waals surface area contributed by atoms with Crippen LogP contribution in [0.4, 0.5) is 0 Å². The predicted molar refractivity (Wildman–Crippen MR) is 77.7 cm³/mol. The summed E-state index contributed by atoms with van der Waals surface area (Å²) in [6, 6.07) is 0. The lowest BCUT2D eigenvalue weighted by Crippen LogP contribution is -2.44. The Balaban J connectivity index is 2.01. The molecule has 2 nitrogen and oxygen atoms in total. The lowest BCUT2D eigenvalue weighted by molar-refractivity contribution is -0.140. The first kappa shape index (κ1) is 14.4. The largest absolute Gasteiger partial charge is 0.461 e. The van der Waals surface area contributed by atoms with Crippen LogP contribution in [0.15, 0.2) is 23.8 Å². The molecule has 2 aliphatic rings. The summed E-state index contributed by atoms with van der Waals surface area (Å²) in [5.74, 6) is 1.28. The number of allylic oxidation sites excluding steroid dienone is 2. The van der Waals surface area contributed by atoms with Crippen LogP contribution >= 0.6 is 0 Å². The van der Waals surface area contributed by atoms with Gasteiger partial charge in [0.05, 0.1) is 0 Å². The first-order valence-electron chi connectivity index (χ1n) is 7.39. The number of hydrogen-bond acceptors (Lipinski definition) is 2. The summed E-state index contributed by atoms with van der Waals surface area (Å²) in [5, 5.41) is 0. The fourth-order valence-electron chi connectivity index (χ4n) is 3.68. The van der Waals surface area contributed by atoms with E-state index in [2.05, 4.69) is 26.5 Å². The summed E-state index contributed by atoms with van der Waals surface area (Å²) >= 11 is 0. The molecule has 0 aromatic heterocycles. The van der Waals surface area contributed by atoms with E-state index in [9.17, 15) is 4.79 Å². The summed E-state index contributed by atoms with van der Waals surface area (Å²) in [5.41, 5.74) is 3.16. The third kappa shape index (κ3) is 3.29. The molecule has 0 aliphatic heterocycles. The van der Waals surface area contributed by atoms with Crippen LogP contribution in [0.1, 0.15) is 52.9 Å². The predicted octanol–water partition coefficient (Wildman–Crippen LogP) is 4.27. The van der Waals surface area contributed by atoms with Crippen molar-refractivity contribution in [3.63, 3.8) is 0 Å². The highest BCUT2D eigenvalue weighted by molar-refractivity contribution is 5.66. The molecule has 1 fully saturated rings. The van der Waals surface area contributed by atoms with Crippen molar-refractivity contribution < 1.29 is 9.53 Å². The maximum atomic E-state index is 10.9. The summed E-state index contributed by atoms with van der Waals surface area (Å²) in [4.78, 5) is 10.9. The van der Waals surface area contributed by atoms with E-state index in [4.69, 9.17) is 4.74 Å². The van der Waals surface area contributed by atoms with Crippen molar-refractivity contribution in [1.29, 1.82) is 0 Å². The minimum atomic E-state index is -0.188. The highest BCUT2D eigenvalue weighted by Gasteiger charge is 2.47. The first-order valence-corrected chi connectivity index (χ1v) is 7.39. The van der Waals surface area contributed by atoms with Gasteiger partial charge in [0.2, 0.25) is 0 Å². The molecule has 2 atom stereocenters. The monoisotopic (exact) mass is 262 g/mol. The number of carbonyl (C=O) groups excluding carboxylic acids is 1. The van der Waals surface area contributed by atoms with Crippen LogP contribution < -0.4 is 0 Å². The molecule has 19 heavy (non-hydrogen) atoms. The maximum Gasteiger partial charge on any atom is 0.302 e. The molecule has 2 aliphatic carbocycles. The second-order valence-electron chi connectivity index (χ2n) is 6.78. The Kier molecular flexibility index (Phi) is 4.17. The average Bonchev–Trinajstić information content (AvgIpc) is 2.37. The molecular formula is C17H26O2. The summed E-state index contributed by atoms with van der Waals surface area (Å²) in [7, 11) is 0.